The third-order valence-corrected chi connectivity index (χ3v) is 5.37. The van der Waals surface area contributed by atoms with Gasteiger partial charge in [0.15, 0.2) is 0 Å². The predicted molar refractivity (Wildman–Crippen MR) is 102 cm³/mol. The van der Waals surface area contributed by atoms with Crippen molar-refractivity contribution >= 4 is 25.8 Å². The maximum absolute atomic E-state index is 12.4. The minimum absolute atomic E-state index is 0.0509. The van der Waals surface area contributed by atoms with Crippen LogP contribution < -0.4 is 0 Å². The van der Waals surface area contributed by atoms with Crippen molar-refractivity contribution in [3.8, 4) is 0 Å². The van der Waals surface area contributed by atoms with Gasteiger partial charge in [0.25, 0.3) is 0 Å². The summed E-state index contributed by atoms with van der Waals surface area (Å²) in [5.41, 5.74) is 2.22. The lowest BCUT2D eigenvalue weighted by Gasteiger charge is -2.27. The molecule has 9 heteroatoms. The van der Waals surface area contributed by atoms with Crippen LogP contribution in [0.4, 0.5) is 4.79 Å². The Labute approximate surface area is 163 Å². The second-order valence-electron chi connectivity index (χ2n) is 6.81. The van der Waals surface area contributed by atoms with E-state index in [-0.39, 0.29) is 24.8 Å². The van der Waals surface area contributed by atoms with E-state index in [0.717, 1.165) is 5.56 Å². The van der Waals surface area contributed by atoms with Crippen molar-refractivity contribution in [1.82, 2.24) is 14.5 Å². The van der Waals surface area contributed by atoms with Crippen molar-refractivity contribution in [2.24, 2.45) is 0 Å². The zero-order chi connectivity index (χ0) is 19.6. The molecule has 1 amide bonds. The van der Waals surface area contributed by atoms with Crippen LogP contribution in [0.3, 0.4) is 0 Å². The average molecular weight is 412 g/mol. The van der Waals surface area contributed by atoms with Crippen LogP contribution in [0.2, 0.25) is 0 Å². The summed E-state index contributed by atoms with van der Waals surface area (Å²) in [4.78, 5) is 18.5. The second-order valence-corrected chi connectivity index (χ2v) is 9.59. The van der Waals surface area contributed by atoms with Gasteiger partial charge in [-0.2, -0.15) is 0 Å². The van der Waals surface area contributed by atoms with E-state index in [1.165, 1.54) is 0 Å². The molecule has 146 valence electrons. The van der Waals surface area contributed by atoms with Crippen molar-refractivity contribution in [1.29, 1.82) is 0 Å². The van der Waals surface area contributed by atoms with Gasteiger partial charge in [-0.05, 0) is 11.5 Å². The third-order valence-electron chi connectivity index (χ3n) is 4.43. The van der Waals surface area contributed by atoms with Crippen LogP contribution in [0.5, 0.6) is 0 Å². The van der Waals surface area contributed by atoms with Gasteiger partial charge in [-0.25, -0.2) is 18.2 Å². The fourth-order valence-electron chi connectivity index (χ4n) is 3.16. The van der Waals surface area contributed by atoms with Crippen LogP contribution in [0.25, 0.3) is 0 Å². The number of nitrogens with zero attached hydrogens (tertiary/aromatic N) is 3. The Morgan fingerprint density at radius 2 is 1.96 bits per heavy atom. The number of hydrogen-bond donors (Lipinski definition) is 0. The predicted octanol–water partition coefficient (Wildman–Crippen LogP) is 3.23. The van der Waals surface area contributed by atoms with E-state index in [1.807, 2.05) is 48.7 Å². The standard InChI is InChI=1S/C18H22ClN3O4S/c1-13(2)17-15(12-27(19,24)25)22-9-8-21(10-16(22)20-17)18(23)26-11-14-6-4-3-5-7-14/h3-7,13H,8-12H2,1-2H3. The van der Waals surface area contributed by atoms with E-state index in [9.17, 15) is 13.2 Å². The number of amides is 1. The maximum atomic E-state index is 12.4. The van der Waals surface area contributed by atoms with Crippen LogP contribution in [0.15, 0.2) is 30.3 Å². The second kappa shape index (κ2) is 7.90. The molecule has 1 aromatic heterocycles. The van der Waals surface area contributed by atoms with Gasteiger partial charge in [0.1, 0.15) is 18.2 Å². The summed E-state index contributed by atoms with van der Waals surface area (Å²) in [5.74, 6) is 0.431. The summed E-state index contributed by atoms with van der Waals surface area (Å²) >= 11 is 0. The number of hydrogen-bond acceptors (Lipinski definition) is 5. The first-order valence-electron chi connectivity index (χ1n) is 8.70. The lowest BCUT2D eigenvalue weighted by atomic mass is 10.1. The van der Waals surface area contributed by atoms with E-state index in [2.05, 4.69) is 4.98 Å². The molecule has 0 atom stereocenters. The highest BCUT2D eigenvalue weighted by molar-refractivity contribution is 8.13. The fraction of sp³-hybridized carbons (Fsp3) is 0.444. The van der Waals surface area contributed by atoms with Crippen molar-refractivity contribution in [2.45, 2.75) is 45.2 Å². The first-order valence-corrected chi connectivity index (χ1v) is 11.2. The van der Waals surface area contributed by atoms with Crippen molar-refractivity contribution < 1.29 is 17.9 Å². The van der Waals surface area contributed by atoms with Crippen LogP contribution in [0, 0.1) is 0 Å². The van der Waals surface area contributed by atoms with Gasteiger partial charge in [0.05, 0.1) is 17.9 Å². The van der Waals surface area contributed by atoms with Crippen molar-refractivity contribution in [2.75, 3.05) is 6.54 Å². The SMILES string of the molecule is CC(C)c1nc2n(c1CS(=O)(=O)Cl)CCN(C(=O)OCc1ccccc1)C2. The third kappa shape index (κ3) is 4.81. The highest BCUT2D eigenvalue weighted by Crippen LogP contribution is 2.26. The highest BCUT2D eigenvalue weighted by Gasteiger charge is 2.29. The lowest BCUT2D eigenvalue weighted by molar-refractivity contribution is 0.0860. The number of rotatable bonds is 5. The van der Waals surface area contributed by atoms with Crippen LogP contribution in [-0.4, -0.2) is 35.5 Å². The summed E-state index contributed by atoms with van der Waals surface area (Å²) < 4.78 is 30.4. The average Bonchev–Trinajstić information content (AvgIpc) is 2.97. The van der Waals surface area contributed by atoms with E-state index in [4.69, 9.17) is 15.4 Å². The molecule has 2 aromatic rings. The number of aromatic nitrogens is 2. The summed E-state index contributed by atoms with van der Waals surface area (Å²) in [7, 11) is 1.77. The minimum atomic E-state index is -3.70. The minimum Gasteiger partial charge on any atom is -0.445 e. The van der Waals surface area contributed by atoms with E-state index in [0.29, 0.717) is 30.3 Å². The normalized spacial score (nSPS) is 14.3. The molecule has 2 heterocycles. The monoisotopic (exact) mass is 411 g/mol. The molecule has 3 rings (SSSR count). The lowest BCUT2D eigenvalue weighted by Crippen LogP contribution is -2.39. The van der Waals surface area contributed by atoms with Gasteiger partial charge >= 0.3 is 6.09 Å². The maximum Gasteiger partial charge on any atom is 0.410 e. The molecule has 7 nitrogen and oxygen atoms in total. The number of ether oxygens (including phenoxy) is 1. The Bertz CT molecular complexity index is 926. The molecule has 0 N–H and O–H groups in total. The molecule has 0 saturated heterocycles. The molecule has 0 fully saturated rings. The topological polar surface area (TPSA) is 81.5 Å². The van der Waals surface area contributed by atoms with Crippen LogP contribution >= 0.6 is 10.7 Å². The molecule has 0 saturated carbocycles. The zero-order valence-electron chi connectivity index (χ0n) is 15.3. The summed E-state index contributed by atoms with van der Waals surface area (Å²) in [6.45, 7) is 5.25. The van der Waals surface area contributed by atoms with Crippen molar-refractivity contribution in [3.05, 3.63) is 53.1 Å². The number of halogens is 1. The van der Waals surface area contributed by atoms with Gasteiger partial charge < -0.3 is 9.30 Å². The molecule has 0 radical (unpaired) electrons. The first kappa shape index (κ1) is 19.7. The fourth-order valence-corrected chi connectivity index (χ4v) is 4.10. The molecule has 0 spiro atoms. The van der Waals surface area contributed by atoms with Gasteiger partial charge in [-0.3, -0.25) is 4.90 Å². The summed E-state index contributed by atoms with van der Waals surface area (Å²) in [6.07, 6.45) is -0.411. The Hall–Kier alpha value is -2.06. The van der Waals surface area contributed by atoms with E-state index >= 15 is 0 Å². The number of carbonyl (C=O) groups is 1. The Morgan fingerprint density at radius 3 is 2.59 bits per heavy atom. The van der Waals surface area contributed by atoms with E-state index in [1.54, 1.807) is 4.90 Å². The molecular weight excluding hydrogens is 390 g/mol. The molecule has 0 aliphatic carbocycles. The van der Waals surface area contributed by atoms with Crippen LogP contribution in [0.1, 0.15) is 42.5 Å². The molecule has 27 heavy (non-hydrogen) atoms. The molecule has 0 unspecified atom stereocenters. The number of fused-ring (bicyclic) bond motifs is 1. The van der Waals surface area contributed by atoms with Gasteiger partial charge in [0.2, 0.25) is 9.05 Å². The zero-order valence-corrected chi connectivity index (χ0v) is 16.8. The van der Waals surface area contributed by atoms with Crippen LogP contribution in [-0.2, 0) is 39.2 Å². The quantitative estimate of drug-likeness (QED) is 0.705. The van der Waals surface area contributed by atoms with Gasteiger partial charge in [-0.15, -0.1) is 0 Å². The van der Waals surface area contributed by atoms with E-state index < -0.39 is 15.1 Å². The summed E-state index contributed by atoms with van der Waals surface area (Å²) in [5, 5.41) is 0. The number of imidazole rings is 1. The molecular formula is C18H22ClN3O4S. The molecule has 1 aliphatic rings. The molecule has 0 bridgehead atoms. The first-order chi connectivity index (χ1) is 12.7. The van der Waals surface area contributed by atoms with Crippen molar-refractivity contribution in [3.63, 3.8) is 0 Å². The Morgan fingerprint density at radius 1 is 1.26 bits per heavy atom. The largest absolute Gasteiger partial charge is 0.445 e. The Kier molecular flexibility index (Phi) is 5.76. The molecule has 1 aliphatic heterocycles. The van der Waals surface area contributed by atoms with Gasteiger partial charge in [-0.1, -0.05) is 44.2 Å². The highest BCUT2D eigenvalue weighted by atomic mass is 35.7. The van der Waals surface area contributed by atoms with Gasteiger partial charge in [0, 0.05) is 23.8 Å². The Balaban J connectivity index is 1.74. The molecule has 1 aromatic carbocycles. The number of benzene rings is 1. The smallest absolute Gasteiger partial charge is 0.410 e. The summed E-state index contributed by atoms with van der Waals surface area (Å²) in [6, 6.07) is 9.47. The number of carbonyl (C=O) groups excluding carboxylic acids is 1.